The Hall–Kier alpha value is -3.03. The first kappa shape index (κ1) is 18.0. The molecule has 3 aromatic rings. The summed E-state index contributed by atoms with van der Waals surface area (Å²) in [5, 5.41) is 12.5. The van der Waals surface area contributed by atoms with E-state index in [1.807, 2.05) is 34.0 Å². The van der Waals surface area contributed by atoms with Crippen LogP contribution in [0.5, 0.6) is 0 Å². The smallest absolute Gasteiger partial charge is 0.280 e. The van der Waals surface area contributed by atoms with Crippen molar-refractivity contribution >= 4 is 5.91 Å². The van der Waals surface area contributed by atoms with Crippen LogP contribution in [0.4, 0.5) is 0 Å². The highest BCUT2D eigenvalue weighted by atomic mass is 16.5. The van der Waals surface area contributed by atoms with Crippen LogP contribution in [0.25, 0.3) is 11.6 Å². The zero-order valence-electron chi connectivity index (χ0n) is 16.3. The Balaban J connectivity index is 1.14. The highest BCUT2D eigenvalue weighted by Gasteiger charge is 2.30. The Morgan fingerprint density at radius 3 is 2.66 bits per heavy atom. The molecule has 5 rings (SSSR count). The van der Waals surface area contributed by atoms with E-state index in [0.717, 1.165) is 51.0 Å². The summed E-state index contributed by atoms with van der Waals surface area (Å²) in [6.45, 7) is 1.50. The number of hydrogen-bond donors (Lipinski definition) is 0. The lowest BCUT2D eigenvalue weighted by molar-refractivity contribution is -0.132. The van der Waals surface area contributed by atoms with Crippen LogP contribution < -0.4 is 0 Å². The zero-order valence-corrected chi connectivity index (χ0v) is 16.3. The maximum atomic E-state index is 12.5. The molecule has 8 heteroatoms. The third-order valence-electron chi connectivity index (χ3n) is 5.78. The van der Waals surface area contributed by atoms with E-state index >= 15 is 0 Å². The van der Waals surface area contributed by atoms with Gasteiger partial charge in [-0.1, -0.05) is 40.7 Å². The van der Waals surface area contributed by atoms with Gasteiger partial charge in [0.15, 0.2) is 11.5 Å². The van der Waals surface area contributed by atoms with Crippen molar-refractivity contribution in [3.05, 3.63) is 47.9 Å². The number of carbonyl (C=O) groups excluding carboxylic acids is 1. The number of amides is 1. The Morgan fingerprint density at radius 2 is 1.90 bits per heavy atom. The summed E-state index contributed by atoms with van der Waals surface area (Å²) in [4.78, 5) is 18.9. The molecule has 8 nitrogen and oxygen atoms in total. The molecule has 0 atom stereocenters. The fraction of sp³-hybridized carbons (Fsp3) is 0.476. The first-order valence-electron chi connectivity index (χ1n) is 10.3. The quantitative estimate of drug-likeness (QED) is 0.641. The van der Waals surface area contributed by atoms with E-state index in [-0.39, 0.29) is 11.9 Å². The summed E-state index contributed by atoms with van der Waals surface area (Å²) in [6.07, 6.45) is 7.24. The van der Waals surface area contributed by atoms with Crippen molar-refractivity contribution in [2.24, 2.45) is 0 Å². The van der Waals surface area contributed by atoms with Crippen LogP contribution in [-0.4, -0.2) is 49.0 Å². The first-order chi connectivity index (χ1) is 14.3. The van der Waals surface area contributed by atoms with Gasteiger partial charge in [0, 0.05) is 25.4 Å². The second-order valence-electron chi connectivity index (χ2n) is 7.91. The van der Waals surface area contributed by atoms with E-state index in [9.17, 15) is 4.79 Å². The molecule has 1 amide bonds. The highest BCUT2D eigenvalue weighted by Crippen LogP contribution is 2.38. The van der Waals surface area contributed by atoms with E-state index in [1.54, 1.807) is 0 Å². The Labute approximate surface area is 168 Å². The Kier molecular flexibility index (Phi) is 4.83. The fourth-order valence-corrected chi connectivity index (χ4v) is 3.83. The average Bonchev–Trinajstić information content (AvgIpc) is 3.29. The van der Waals surface area contributed by atoms with Gasteiger partial charge >= 0.3 is 0 Å². The van der Waals surface area contributed by atoms with Crippen molar-refractivity contribution in [3.63, 3.8) is 0 Å². The molecule has 1 saturated heterocycles. The minimum atomic E-state index is 0.227. The summed E-state index contributed by atoms with van der Waals surface area (Å²) in [7, 11) is 0. The van der Waals surface area contributed by atoms with Gasteiger partial charge in [-0.15, -0.1) is 5.10 Å². The molecule has 0 radical (unpaired) electrons. The molecule has 2 aliphatic rings. The minimum Gasteiger partial charge on any atom is -0.343 e. The number of rotatable bonds is 6. The first-order valence-corrected chi connectivity index (χ1v) is 10.3. The summed E-state index contributed by atoms with van der Waals surface area (Å²) in [6, 6.07) is 10.4. The number of benzene rings is 1. The summed E-state index contributed by atoms with van der Waals surface area (Å²) in [5.41, 5.74) is 1.82. The van der Waals surface area contributed by atoms with Crippen LogP contribution in [-0.2, 0) is 11.2 Å². The molecule has 29 heavy (non-hydrogen) atoms. The molecule has 1 aromatic carbocycles. The number of hydrogen-bond acceptors (Lipinski definition) is 6. The number of nitrogens with zero attached hydrogens (tertiary/aromatic N) is 6. The van der Waals surface area contributed by atoms with Crippen LogP contribution in [0, 0.1) is 0 Å². The summed E-state index contributed by atoms with van der Waals surface area (Å²) >= 11 is 0. The van der Waals surface area contributed by atoms with Crippen molar-refractivity contribution in [1.82, 2.24) is 30.0 Å². The second kappa shape index (κ2) is 7.77. The maximum Gasteiger partial charge on any atom is 0.280 e. The Bertz CT molecular complexity index is 970. The van der Waals surface area contributed by atoms with Crippen molar-refractivity contribution in [2.45, 2.75) is 50.5 Å². The van der Waals surface area contributed by atoms with Crippen molar-refractivity contribution in [1.29, 1.82) is 0 Å². The largest absolute Gasteiger partial charge is 0.343 e. The van der Waals surface area contributed by atoms with Crippen molar-refractivity contribution < 1.29 is 9.32 Å². The Morgan fingerprint density at radius 1 is 1.10 bits per heavy atom. The third-order valence-corrected chi connectivity index (χ3v) is 5.78. The monoisotopic (exact) mass is 392 g/mol. The molecule has 3 heterocycles. The summed E-state index contributed by atoms with van der Waals surface area (Å²) in [5.74, 6) is 1.89. The lowest BCUT2D eigenvalue weighted by Gasteiger charge is -2.32. The van der Waals surface area contributed by atoms with E-state index in [2.05, 4.69) is 32.6 Å². The standard InChI is InChI=1S/C21H24N6O2/c28-19(9-6-15-4-2-1-3-5-15)26-12-10-17(11-13-26)27-14-18(23-25-27)21-22-20(24-29-21)16-7-8-16/h1-5,14,16-17H,6-13H2. The topological polar surface area (TPSA) is 89.9 Å². The van der Waals surface area contributed by atoms with Gasteiger partial charge in [0.2, 0.25) is 5.91 Å². The maximum absolute atomic E-state index is 12.5. The normalized spacial score (nSPS) is 17.6. The molecule has 0 unspecified atom stereocenters. The molecule has 0 spiro atoms. The number of aromatic nitrogens is 5. The number of carbonyl (C=O) groups is 1. The van der Waals surface area contributed by atoms with Crippen LogP contribution in [0.2, 0.25) is 0 Å². The molecule has 2 aromatic heterocycles. The second-order valence-corrected chi connectivity index (χ2v) is 7.91. The van der Waals surface area contributed by atoms with E-state index in [0.29, 0.717) is 23.9 Å². The van der Waals surface area contributed by atoms with Crippen LogP contribution in [0.1, 0.15) is 55.5 Å². The lowest BCUT2D eigenvalue weighted by Crippen LogP contribution is -2.39. The number of piperidine rings is 1. The average molecular weight is 392 g/mol. The zero-order chi connectivity index (χ0) is 19.6. The molecule has 0 bridgehead atoms. The molecule has 2 fully saturated rings. The van der Waals surface area contributed by atoms with Gasteiger partial charge in [0.25, 0.3) is 5.89 Å². The molecule has 0 N–H and O–H groups in total. The van der Waals surface area contributed by atoms with Crippen LogP contribution in [0.15, 0.2) is 41.1 Å². The lowest BCUT2D eigenvalue weighted by atomic mass is 10.0. The van der Waals surface area contributed by atoms with Gasteiger partial charge in [0.1, 0.15) is 0 Å². The summed E-state index contributed by atoms with van der Waals surface area (Å²) < 4.78 is 7.21. The predicted octanol–water partition coefficient (Wildman–Crippen LogP) is 3.00. The van der Waals surface area contributed by atoms with Crippen LogP contribution in [0.3, 0.4) is 0 Å². The molecule has 1 aliphatic heterocycles. The fourth-order valence-electron chi connectivity index (χ4n) is 3.83. The predicted molar refractivity (Wildman–Crippen MR) is 105 cm³/mol. The number of likely N-dealkylation sites (tertiary alicyclic amines) is 1. The SMILES string of the molecule is O=C(CCc1ccccc1)N1CCC(n2cc(-c3nc(C4CC4)no3)nn2)CC1. The third kappa shape index (κ3) is 4.06. The highest BCUT2D eigenvalue weighted by molar-refractivity contribution is 5.76. The van der Waals surface area contributed by atoms with Crippen molar-refractivity contribution in [3.8, 4) is 11.6 Å². The van der Waals surface area contributed by atoms with Gasteiger partial charge in [-0.05, 0) is 37.7 Å². The van der Waals surface area contributed by atoms with E-state index in [1.165, 1.54) is 5.56 Å². The molecule has 150 valence electrons. The van der Waals surface area contributed by atoms with E-state index in [4.69, 9.17) is 4.52 Å². The van der Waals surface area contributed by atoms with Gasteiger partial charge < -0.3 is 9.42 Å². The van der Waals surface area contributed by atoms with Gasteiger partial charge in [0.05, 0.1) is 12.2 Å². The number of aryl methyl sites for hydroxylation is 1. The molecule has 1 aliphatic carbocycles. The minimum absolute atomic E-state index is 0.227. The van der Waals surface area contributed by atoms with Crippen LogP contribution >= 0.6 is 0 Å². The molecule has 1 saturated carbocycles. The molecular formula is C21H24N6O2. The van der Waals surface area contributed by atoms with Gasteiger partial charge in [-0.3, -0.25) is 4.79 Å². The van der Waals surface area contributed by atoms with E-state index < -0.39 is 0 Å². The van der Waals surface area contributed by atoms with Gasteiger partial charge in [-0.2, -0.15) is 4.98 Å². The van der Waals surface area contributed by atoms with Crippen molar-refractivity contribution in [2.75, 3.05) is 13.1 Å². The molecular weight excluding hydrogens is 368 g/mol. The van der Waals surface area contributed by atoms with Gasteiger partial charge in [-0.25, -0.2) is 4.68 Å².